The molecule has 0 saturated carbocycles. The van der Waals surface area contributed by atoms with Crippen LogP contribution in [0, 0.1) is 0 Å². The van der Waals surface area contributed by atoms with Gasteiger partial charge in [-0.15, -0.1) is 10.2 Å². The molecule has 1 aromatic heterocycles. The van der Waals surface area contributed by atoms with Crippen LogP contribution in [0.2, 0.25) is 5.02 Å². The summed E-state index contributed by atoms with van der Waals surface area (Å²) in [7, 11) is 4.46. The number of ether oxygens (including phenoxy) is 3. The van der Waals surface area contributed by atoms with Gasteiger partial charge in [-0.1, -0.05) is 22.9 Å². The maximum absolute atomic E-state index is 12.7. The van der Waals surface area contributed by atoms with Crippen molar-refractivity contribution < 1.29 is 23.8 Å². The smallest absolute Gasteiger partial charge is 0.325 e. The number of hydrogen-bond acceptors (Lipinski definition) is 8. The number of ketones is 1. The lowest BCUT2D eigenvalue weighted by molar-refractivity contribution is 0.103. The van der Waals surface area contributed by atoms with Crippen molar-refractivity contribution >= 4 is 45.6 Å². The highest BCUT2D eigenvalue weighted by molar-refractivity contribution is 7.17. The van der Waals surface area contributed by atoms with E-state index in [0.717, 1.165) is 11.3 Å². The Morgan fingerprint density at radius 2 is 1.60 bits per heavy atom. The molecule has 0 aliphatic carbocycles. The van der Waals surface area contributed by atoms with Crippen molar-refractivity contribution in [1.29, 1.82) is 0 Å². The summed E-state index contributed by atoms with van der Waals surface area (Å²) < 4.78 is 15.6. The van der Waals surface area contributed by atoms with Crippen LogP contribution in [0.1, 0.15) is 15.4 Å². The van der Waals surface area contributed by atoms with Gasteiger partial charge in [0, 0.05) is 10.6 Å². The molecule has 0 spiro atoms. The SMILES string of the molecule is COc1ccc(Cl)cc1NC(=O)Nc1nnc(C(=O)c2ccc(OC)c(OC)c2)s1. The van der Waals surface area contributed by atoms with Gasteiger partial charge in [0.1, 0.15) is 5.75 Å². The molecule has 11 heteroatoms. The lowest BCUT2D eigenvalue weighted by Gasteiger charge is -2.10. The first-order valence-electron chi connectivity index (χ1n) is 8.47. The third-order valence-electron chi connectivity index (χ3n) is 3.90. The van der Waals surface area contributed by atoms with E-state index in [-0.39, 0.29) is 15.9 Å². The number of rotatable bonds is 7. The predicted molar refractivity (Wildman–Crippen MR) is 114 cm³/mol. The standard InChI is InChI=1S/C19H17ClN4O5S/c1-27-13-7-5-11(20)9-12(13)21-18(26)22-19-24-23-17(30-19)16(25)10-4-6-14(28-2)15(8-10)29-3/h4-9H,1-3H3,(H2,21,22,24,26). The second-order valence-electron chi connectivity index (χ2n) is 5.73. The molecule has 0 atom stereocenters. The minimum atomic E-state index is -0.586. The van der Waals surface area contributed by atoms with E-state index in [0.29, 0.717) is 33.5 Å². The normalized spacial score (nSPS) is 10.3. The van der Waals surface area contributed by atoms with Crippen LogP contribution in [0.25, 0.3) is 0 Å². The first-order valence-corrected chi connectivity index (χ1v) is 9.66. The summed E-state index contributed by atoms with van der Waals surface area (Å²) in [6.07, 6.45) is 0. The molecule has 0 aliphatic rings. The van der Waals surface area contributed by atoms with Gasteiger partial charge in [0.05, 0.1) is 27.0 Å². The van der Waals surface area contributed by atoms with Gasteiger partial charge < -0.3 is 19.5 Å². The number of halogens is 1. The number of hydrogen-bond donors (Lipinski definition) is 2. The fourth-order valence-electron chi connectivity index (χ4n) is 2.50. The van der Waals surface area contributed by atoms with E-state index >= 15 is 0 Å². The summed E-state index contributed by atoms with van der Waals surface area (Å²) in [5.74, 6) is 0.998. The molecule has 0 aliphatic heterocycles. The predicted octanol–water partition coefficient (Wildman–Crippen LogP) is 4.09. The Balaban J connectivity index is 1.71. The summed E-state index contributed by atoms with van der Waals surface area (Å²) in [4.78, 5) is 24.9. The Bertz CT molecular complexity index is 1090. The molecular weight excluding hydrogens is 432 g/mol. The Kier molecular flexibility index (Phi) is 6.70. The number of aromatic nitrogens is 2. The number of amides is 2. The van der Waals surface area contributed by atoms with E-state index in [4.69, 9.17) is 25.8 Å². The van der Waals surface area contributed by atoms with Crippen molar-refractivity contribution in [2.45, 2.75) is 0 Å². The monoisotopic (exact) mass is 448 g/mol. The van der Waals surface area contributed by atoms with E-state index in [9.17, 15) is 9.59 Å². The number of methoxy groups -OCH3 is 3. The third kappa shape index (κ3) is 4.78. The summed E-state index contributed by atoms with van der Waals surface area (Å²) in [5.41, 5.74) is 0.733. The number of nitrogens with one attached hydrogen (secondary N) is 2. The van der Waals surface area contributed by atoms with Crippen LogP contribution in [0.4, 0.5) is 15.6 Å². The van der Waals surface area contributed by atoms with E-state index in [1.54, 1.807) is 36.4 Å². The molecular formula is C19H17ClN4O5S. The van der Waals surface area contributed by atoms with E-state index in [1.165, 1.54) is 21.3 Å². The molecule has 3 rings (SSSR count). The lowest BCUT2D eigenvalue weighted by Crippen LogP contribution is -2.19. The number of carbonyl (C=O) groups is 2. The second-order valence-corrected chi connectivity index (χ2v) is 7.15. The Hall–Kier alpha value is -3.37. The average molecular weight is 449 g/mol. The van der Waals surface area contributed by atoms with Crippen molar-refractivity contribution in [1.82, 2.24) is 10.2 Å². The average Bonchev–Trinajstić information content (AvgIpc) is 3.21. The second kappa shape index (κ2) is 9.42. The quantitative estimate of drug-likeness (QED) is 0.523. The summed E-state index contributed by atoms with van der Waals surface area (Å²) in [6.45, 7) is 0. The molecule has 3 aromatic rings. The summed E-state index contributed by atoms with van der Waals surface area (Å²) in [6, 6.07) is 8.99. The van der Waals surface area contributed by atoms with Gasteiger partial charge in [-0.3, -0.25) is 10.1 Å². The van der Waals surface area contributed by atoms with Crippen LogP contribution < -0.4 is 24.8 Å². The molecule has 0 saturated heterocycles. The first-order chi connectivity index (χ1) is 14.4. The topological polar surface area (TPSA) is 112 Å². The van der Waals surface area contributed by atoms with Crippen molar-refractivity contribution in [3.05, 3.63) is 52.0 Å². The molecule has 0 bridgehead atoms. The molecule has 2 aromatic carbocycles. The maximum Gasteiger partial charge on any atom is 0.325 e. The minimum Gasteiger partial charge on any atom is -0.495 e. The van der Waals surface area contributed by atoms with E-state index in [1.807, 2.05) is 0 Å². The zero-order valence-electron chi connectivity index (χ0n) is 16.2. The van der Waals surface area contributed by atoms with E-state index in [2.05, 4.69) is 20.8 Å². The Labute approximate surface area is 180 Å². The molecule has 2 amide bonds. The van der Waals surface area contributed by atoms with Gasteiger partial charge in [-0.2, -0.15) is 0 Å². The highest BCUT2D eigenvalue weighted by Gasteiger charge is 2.18. The van der Waals surface area contributed by atoms with Gasteiger partial charge in [-0.05, 0) is 36.4 Å². The lowest BCUT2D eigenvalue weighted by atomic mass is 10.1. The van der Waals surface area contributed by atoms with Gasteiger partial charge in [-0.25, -0.2) is 4.79 Å². The van der Waals surface area contributed by atoms with Crippen LogP contribution in [0.15, 0.2) is 36.4 Å². The van der Waals surface area contributed by atoms with Crippen LogP contribution in [0.3, 0.4) is 0 Å². The van der Waals surface area contributed by atoms with Crippen molar-refractivity contribution in [3.63, 3.8) is 0 Å². The maximum atomic E-state index is 12.7. The minimum absolute atomic E-state index is 0.109. The molecule has 156 valence electrons. The number of anilines is 2. The molecule has 1 heterocycles. The summed E-state index contributed by atoms with van der Waals surface area (Å²) in [5, 5.41) is 13.5. The zero-order chi connectivity index (χ0) is 21.7. The largest absolute Gasteiger partial charge is 0.495 e. The molecule has 9 nitrogen and oxygen atoms in total. The zero-order valence-corrected chi connectivity index (χ0v) is 17.8. The Morgan fingerprint density at radius 3 is 2.30 bits per heavy atom. The number of nitrogens with zero attached hydrogens (tertiary/aromatic N) is 2. The van der Waals surface area contributed by atoms with Gasteiger partial charge in [0.15, 0.2) is 16.5 Å². The molecule has 0 fully saturated rings. The van der Waals surface area contributed by atoms with Gasteiger partial charge in [0.25, 0.3) is 0 Å². The number of urea groups is 1. The first kappa shape index (κ1) is 21.3. The van der Waals surface area contributed by atoms with Crippen LogP contribution in [0.5, 0.6) is 17.2 Å². The molecule has 30 heavy (non-hydrogen) atoms. The number of carbonyl (C=O) groups excluding carboxylic acids is 2. The van der Waals surface area contributed by atoms with Gasteiger partial charge in [0.2, 0.25) is 10.9 Å². The van der Waals surface area contributed by atoms with Crippen molar-refractivity contribution in [2.24, 2.45) is 0 Å². The van der Waals surface area contributed by atoms with Crippen LogP contribution >= 0.6 is 22.9 Å². The molecule has 0 radical (unpaired) electrons. The van der Waals surface area contributed by atoms with E-state index < -0.39 is 6.03 Å². The highest BCUT2D eigenvalue weighted by Crippen LogP contribution is 2.30. The Morgan fingerprint density at radius 1 is 0.900 bits per heavy atom. The van der Waals surface area contributed by atoms with Crippen LogP contribution in [-0.4, -0.2) is 43.3 Å². The fourth-order valence-corrected chi connectivity index (χ4v) is 3.37. The van der Waals surface area contributed by atoms with Crippen molar-refractivity contribution in [3.8, 4) is 17.2 Å². The molecule has 2 N–H and O–H groups in total. The third-order valence-corrected chi connectivity index (χ3v) is 4.97. The fraction of sp³-hybridized carbons (Fsp3) is 0.158. The van der Waals surface area contributed by atoms with Crippen molar-refractivity contribution in [2.75, 3.05) is 32.0 Å². The van der Waals surface area contributed by atoms with Crippen LogP contribution in [-0.2, 0) is 0 Å². The number of benzene rings is 2. The van der Waals surface area contributed by atoms with Gasteiger partial charge >= 0.3 is 6.03 Å². The molecule has 0 unspecified atom stereocenters. The summed E-state index contributed by atoms with van der Waals surface area (Å²) >= 11 is 6.89. The highest BCUT2D eigenvalue weighted by atomic mass is 35.5.